The lowest BCUT2D eigenvalue weighted by Gasteiger charge is -2.21. The molecule has 0 spiro atoms. The number of hydrogen-bond donors (Lipinski definition) is 0. The molecule has 0 saturated carbocycles. The van der Waals surface area contributed by atoms with E-state index in [0.717, 1.165) is 12.2 Å². The van der Waals surface area contributed by atoms with E-state index < -0.39 is 4.92 Å². The zero-order chi connectivity index (χ0) is 17.4. The van der Waals surface area contributed by atoms with Crippen molar-refractivity contribution in [1.29, 1.82) is 5.26 Å². The van der Waals surface area contributed by atoms with Crippen molar-refractivity contribution in [1.82, 2.24) is 0 Å². The highest BCUT2D eigenvalue weighted by Crippen LogP contribution is 2.23. The van der Waals surface area contributed by atoms with Crippen molar-refractivity contribution < 1.29 is 4.92 Å². The van der Waals surface area contributed by atoms with E-state index in [1.165, 1.54) is 12.1 Å². The van der Waals surface area contributed by atoms with Crippen LogP contribution in [0.3, 0.4) is 0 Å². The van der Waals surface area contributed by atoms with Crippen LogP contribution in [-0.4, -0.2) is 18.0 Å². The molecule has 0 aliphatic heterocycles. The van der Waals surface area contributed by atoms with Crippen LogP contribution in [-0.2, 0) is 0 Å². The SMILES string of the molecule is CCN(CCC#N)c1ccc(N=Nc2ccc([N+](=O)[O-])cc2)cc1.P. The molecule has 0 aromatic heterocycles. The van der Waals surface area contributed by atoms with Crippen LogP contribution in [0.4, 0.5) is 22.7 Å². The van der Waals surface area contributed by atoms with Gasteiger partial charge in [0.05, 0.1) is 28.8 Å². The Morgan fingerprint density at radius 3 is 2.04 bits per heavy atom. The van der Waals surface area contributed by atoms with Crippen LogP contribution in [0.5, 0.6) is 0 Å². The molecule has 2 aromatic rings. The van der Waals surface area contributed by atoms with Gasteiger partial charge >= 0.3 is 0 Å². The maximum atomic E-state index is 10.6. The number of benzene rings is 2. The molecule has 7 nitrogen and oxygen atoms in total. The van der Waals surface area contributed by atoms with Gasteiger partial charge < -0.3 is 4.90 Å². The molecule has 0 saturated heterocycles. The Hall–Kier alpha value is -2.84. The van der Waals surface area contributed by atoms with Crippen molar-refractivity contribution in [3.05, 3.63) is 58.6 Å². The summed E-state index contributed by atoms with van der Waals surface area (Å²) in [6, 6.07) is 15.6. The molecule has 0 radical (unpaired) electrons. The van der Waals surface area contributed by atoms with Gasteiger partial charge in [0.2, 0.25) is 0 Å². The maximum Gasteiger partial charge on any atom is 0.269 e. The highest BCUT2D eigenvalue weighted by atomic mass is 31.0. The van der Waals surface area contributed by atoms with Gasteiger partial charge in [0.25, 0.3) is 5.69 Å². The van der Waals surface area contributed by atoms with E-state index in [-0.39, 0.29) is 15.6 Å². The van der Waals surface area contributed by atoms with Crippen LogP contribution in [0, 0.1) is 21.4 Å². The van der Waals surface area contributed by atoms with Crippen LogP contribution >= 0.6 is 9.90 Å². The number of nitro benzene ring substituents is 1. The Labute approximate surface area is 149 Å². The lowest BCUT2D eigenvalue weighted by atomic mass is 10.2. The number of anilines is 1. The predicted octanol–water partition coefficient (Wildman–Crippen LogP) is 4.81. The van der Waals surface area contributed by atoms with Gasteiger partial charge in [0.1, 0.15) is 0 Å². The molecule has 0 N–H and O–H groups in total. The van der Waals surface area contributed by atoms with Crippen LogP contribution in [0.15, 0.2) is 58.8 Å². The van der Waals surface area contributed by atoms with Crippen LogP contribution in [0.25, 0.3) is 0 Å². The van der Waals surface area contributed by atoms with Crippen LogP contribution in [0.2, 0.25) is 0 Å². The third-order valence-electron chi connectivity index (χ3n) is 3.43. The standard InChI is InChI=1S/C17H17N5O2.H3P/c1-2-21(13-3-12-18)16-8-4-14(5-9-16)19-20-15-6-10-17(11-7-15)22(23)24;/h4-11H,2-3,13H2,1H3;1H3. The van der Waals surface area contributed by atoms with E-state index in [0.29, 0.717) is 24.3 Å². The van der Waals surface area contributed by atoms with E-state index >= 15 is 0 Å². The number of azo groups is 1. The molecule has 0 fully saturated rings. The molecule has 0 aliphatic carbocycles. The van der Waals surface area contributed by atoms with Gasteiger partial charge in [-0.05, 0) is 43.3 Å². The van der Waals surface area contributed by atoms with Gasteiger partial charge in [-0.1, -0.05) is 0 Å². The van der Waals surface area contributed by atoms with E-state index in [4.69, 9.17) is 5.26 Å². The third-order valence-corrected chi connectivity index (χ3v) is 3.43. The average Bonchev–Trinajstić information content (AvgIpc) is 2.62. The van der Waals surface area contributed by atoms with Gasteiger partial charge in [0.15, 0.2) is 0 Å². The summed E-state index contributed by atoms with van der Waals surface area (Å²) >= 11 is 0. The Morgan fingerprint density at radius 2 is 1.60 bits per heavy atom. The molecule has 0 amide bonds. The van der Waals surface area contributed by atoms with Gasteiger partial charge in [-0.25, -0.2) is 0 Å². The van der Waals surface area contributed by atoms with Crippen LogP contribution < -0.4 is 4.90 Å². The Kier molecular flexibility index (Phi) is 8.17. The van der Waals surface area contributed by atoms with Gasteiger partial charge in [0, 0.05) is 30.9 Å². The summed E-state index contributed by atoms with van der Waals surface area (Å²) in [6.45, 7) is 3.56. The fourth-order valence-electron chi connectivity index (χ4n) is 2.14. The normalized spacial score (nSPS) is 10.1. The first kappa shape index (κ1) is 20.2. The lowest BCUT2D eigenvalue weighted by molar-refractivity contribution is -0.384. The summed E-state index contributed by atoms with van der Waals surface area (Å²) in [5, 5.41) is 27.5. The highest BCUT2D eigenvalue weighted by Gasteiger charge is 2.04. The summed E-state index contributed by atoms with van der Waals surface area (Å²) in [5.74, 6) is 0. The van der Waals surface area contributed by atoms with E-state index in [1.807, 2.05) is 31.2 Å². The second kappa shape index (κ2) is 10.1. The van der Waals surface area contributed by atoms with Crippen molar-refractivity contribution in [3.8, 4) is 6.07 Å². The largest absolute Gasteiger partial charge is 0.371 e. The highest BCUT2D eigenvalue weighted by molar-refractivity contribution is 6.92. The van der Waals surface area contributed by atoms with Crippen molar-refractivity contribution >= 4 is 32.6 Å². The number of rotatable bonds is 7. The predicted molar refractivity (Wildman–Crippen MR) is 103 cm³/mol. The Balaban J connectivity index is 0.00000312. The molecule has 0 aliphatic rings. The molecule has 2 aromatic carbocycles. The monoisotopic (exact) mass is 357 g/mol. The number of hydrogen-bond acceptors (Lipinski definition) is 6. The summed E-state index contributed by atoms with van der Waals surface area (Å²) in [5.41, 5.74) is 2.29. The molecule has 2 rings (SSSR count). The minimum atomic E-state index is -0.453. The minimum absolute atomic E-state index is 0. The first-order valence-corrected chi connectivity index (χ1v) is 7.52. The van der Waals surface area contributed by atoms with Gasteiger partial charge in [-0.3, -0.25) is 10.1 Å². The van der Waals surface area contributed by atoms with E-state index in [2.05, 4.69) is 21.2 Å². The minimum Gasteiger partial charge on any atom is -0.371 e. The number of nitrogens with zero attached hydrogens (tertiary/aromatic N) is 5. The van der Waals surface area contributed by atoms with Crippen molar-refractivity contribution in [3.63, 3.8) is 0 Å². The molecule has 0 heterocycles. The number of non-ortho nitro benzene ring substituents is 1. The van der Waals surface area contributed by atoms with Gasteiger partial charge in [-0.15, -0.1) is 0 Å². The van der Waals surface area contributed by atoms with Crippen molar-refractivity contribution in [2.45, 2.75) is 13.3 Å². The fraction of sp³-hybridized carbons (Fsp3) is 0.235. The van der Waals surface area contributed by atoms with Crippen molar-refractivity contribution in [2.24, 2.45) is 10.2 Å². The second-order valence-electron chi connectivity index (χ2n) is 4.98. The zero-order valence-corrected chi connectivity index (χ0v) is 15.4. The Morgan fingerprint density at radius 1 is 1.08 bits per heavy atom. The molecular formula is C17H20N5O2P. The van der Waals surface area contributed by atoms with E-state index in [9.17, 15) is 10.1 Å². The second-order valence-corrected chi connectivity index (χ2v) is 4.98. The molecule has 0 bridgehead atoms. The molecular weight excluding hydrogens is 337 g/mol. The molecule has 1 atom stereocenters. The first-order valence-electron chi connectivity index (χ1n) is 7.52. The molecule has 8 heteroatoms. The van der Waals surface area contributed by atoms with Gasteiger partial charge in [-0.2, -0.15) is 25.4 Å². The topological polar surface area (TPSA) is 94.9 Å². The van der Waals surface area contributed by atoms with E-state index in [1.54, 1.807) is 12.1 Å². The summed E-state index contributed by atoms with van der Waals surface area (Å²) in [6.07, 6.45) is 0.482. The molecule has 1 unspecified atom stereocenters. The maximum absolute atomic E-state index is 10.6. The lowest BCUT2D eigenvalue weighted by Crippen LogP contribution is -2.23. The third kappa shape index (κ3) is 5.94. The quantitative estimate of drug-likeness (QED) is 0.307. The zero-order valence-electron chi connectivity index (χ0n) is 14.0. The molecule has 25 heavy (non-hydrogen) atoms. The molecule has 130 valence electrons. The summed E-state index contributed by atoms with van der Waals surface area (Å²) < 4.78 is 0. The smallest absolute Gasteiger partial charge is 0.269 e. The van der Waals surface area contributed by atoms with Crippen molar-refractivity contribution in [2.75, 3.05) is 18.0 Å². The average molecular weight is 357 g/mol. The number of nitriles is 1. The van der Waals surface area contributed by atoms with Crippen LogP contribution in [0.1, 0.15) is 13.3 Å². The Bertz CT molecular complexity index is 754. The number of nitro groups is 1. The summed E-state index contributed by atoms with van der Waals surface area (Å²) in [7, 11) is 0. The summed E-state index contributed by atoms with van der Waals surface area (Å²) in [4.78, 5) is 12.3. The fourth-order valence-corrected chi connectivity index (χ4v) is 2.14. The first-order chi connectivity index (χ1) is 11.6.